The maximum absolute atomic E-state index is 11.8. The summed E-state index contributed by atoms with van der Waals surface area (Å²) in [6, 6.07) is 0. The number of nitrogens with zero attached hydrogens (tertiary/aromatic N) is 1. The fourth-order valence-electron chi connectivity index (χ4n) is 1.98. The van der Waals surface area contributed by atoms with Crippen LogP contribution in [0.4, 0.5) is 0 Å². The Hall–Kier alpha value is -0.210. The Bertz CT molecular complexity index is 326. The summed E-state index contributed by atoms with van der Waals surface area (Å²) >= 11 is 0. The quantitative estimate of drug-likeness (QED) is 0.653. The van der Waals surface area contributed by atoms with Gasteiger partial charge in [0.2, 0.25) is 0 Å². The lowest BCUT2D eigenvalue weighted by molar-refractivity contribution is 0.122. The van der Waals surface area contributed by atoms with Crippen LogP contribution in [0.15, 0.2) is 0 Å². The standard InChI is InChI=1S/C10H23N3O3S/c1-4-13(2)17(14,15)12-8-10(9-16-3)6-5-7-11-10/h11-12H,4-9H2,1-3H3. The summed E-state index contributed by atoms with van der Waals surface area (Å²) in [5, 5.41) is 3.33. The third kappa shape index (κ3) is 3.89. The number of ether oxygens (including phenoxy) is 1. The molecule has 1 saturated heterocycles. The maximum atomic E-state index is 11.8. The lowest BCUT2D eigenvalue weighted by atomic mass is 9.99. The zero-order chi connectivity index (χ0) is 12.9. The van der Waals surface area contributed by atoms with Crippen LogP contribution in [0.1, 0.15) is 19.8 Å². The van der Waals surface area contributed by atoms with E-state index < -0.39 is 10.2 Å². The highest BCUT2D eigenvalue weighted by atomic mass is 32.2. The van der Waals surface area contributed by atoms with Crippen molar-refractivity contribution in [3.63, 3.8) is 0 Å². The highest BCUT2D eigenvalue weighted by molar-refractivity contribution is 7.87. The summed E-state index contributed by atoms with van der Waals surface area (Å²) in [7, 11) is -0.170. The Morgan fingerprint density at radius 3 is 2.71 bits per heavy atom. The van der Waals surface area contributed by atoms with Crippen LogP contribution in [0.25, 0.3) is 0 Å². The van der Waals surface area contributed by atoms with Crippen LogP contribution in [0.5, 0.6) is 0 Å². The van der Waals surface area contributed by atoms with Gasteiger partial charge in [0.05, 0.1) is 12.1 Å². The third-order valence-electron chi connectivity index (χ3n) is 3.20. The van der Waals surface area contributed by atoms with Crippen molar-refractivity contribution < 1.29 is 13.2 Å². The molecule has 0 bridgehead atoms. The van der Waals surface area contributed by atoms with Gasteiger partial charge < -0.3 is 10.1 Å². The molecule has 1 unspecified atom stereocenters. The molecule has 17 heavy (non-hydrogen) atoms. The Labute approximate surface area is 104 Å². The molecule has 0 aromatic heterocycles. The van der Waals surface area contributed by atoms with Gasteiger partial charge in [-0.1, -0.05) is 6.92 Å². The molecular formula is C10H23N3O3S. The molecule has 0 radical (unpaired) electrons. The zero-order valence-corrected chi connectivity index (χ0v) is 11.6. The minimum absolute atomic E-state index is 0.254. The van der Waals surface area contributed by atoms with Gasteiger partial charge in [0.1, 0.15) is 0 Å². The lowest BCUT2D eigenvalue weighted by Gasteiger charge is -2.29. The van der Waals surface area contributed by atoms with E-state index in [0.29, 0.717) is 19.7 Å². The van der Waals surface area contributed by atoms with Crippen LogP contribution in [-0.4, -0.2) is 58.7 Å². The van der Waals surface area contributed by atoms with Crippen molar-refractivity contribution >= 4 is 10.2 Å². The van der Waals surface area contributed by atoms with Crippen LogP contribution < -0.4 is 10.0 Å². The van der Waals surface area contributed by atoms with Crippen molar-refractivity contribution in [3.05, 3.63) is 0 Å². The first-order chi connectivity index (χ1) is 7.96. The topological polar surface area (TPSA) is 70.7 Å². The van der Waals surface area contributed by atoms with E-state index in [-0.39, 0.29) is 5.54 Å². The second-order valence-electron chi connectivity index (χ2n) is 4.48. The average Bonchev–Trinajstić information content (AvgIpc) is 2.75. The molecule has 1 rings (SSSR count). The van der Waals surface area contributed by atoms with E-state index in [1.165, 1.54) is 4.31 Å². The highest BCUT2D eigenvalue weighted by Crippen LogP contribution is 2.19. The third-order valence-corrected chi connectivity index (χ3v) is 4.79. The van der Waals surface area contributed by atoms with Gasteiger partial charge in [0.25, 0.3) is 10.2 Å². The normalized spacial score (nSPS) is 25.6. The smallest absolute Gasteiger partial charge is 0.279 e. The van der Waals surface area contributed by atoms with Crippen LogP contribution >= 0.6 is 0 Å². The molecule has 1 aliphatic rings. The zero-order valence-electron chi connectivity index (χ0n) is 10.8. The first-order valence-electron chi connectivity index (χ1n) is 5.91. The van der Waals surface area contributed by atoms with Gasteiger partial charge in [0, 0.05) is 27.2 Å². The van der Waals surface area contributed by atoms with Crippen LogP contribution in [0.3, 0.4) is 0 Å². The molecule has 1 aliphatic heterocycles. The number of rotatable bonds is 7. The van der Waals surface area contributed by atoms with E-state index in [9.17, 15) is 8.42 Å². The molecule has 102 valence electrons. The van der Waals surface area contributed by atoms with Gasteiger partial charge in [-0.15, -0.1) is 0 Å². The number of hydrogen-bond acceptors (Lipinski definition) is 4. The van der Waals surface area contributed by atoms with Gasteiger partial charge >= 0.3 is 0 Å². The Morgan fingerprint density at radius 2 is 2.24 bits per heavy atom. The SMILES string of the molecule is CCN(C)S(=O)(=O)NCC1(COC)CCCN1. The molecule has 7 heteroatoms. The fraction of sp³-hybridized carbons (Fsp3) is 1.00. The summed E-state index contributed by atoms with van der Waals surface area (Å²) in [5.74, 6) is 0. The predicted octanol–water partition coefficient (Wildman–Crippen LogP) is -0.459. The Balaban J connectivity index is 2.58. The molecule has 0 aromatic rings. The molecule has 2 N–H and O–H groups in total. The number of nitrogens with one attached hydrogen (secondary N) is 2. The van der Waals surface area contributed by atoms with Crippen molar-refractivity contribution in [2.75, 3.05) is 40.4 Å². The van der Waals surface area contributed by atoms with E-state index in [4.69, 9.17) is 4.74 Å². The molecular weight excluding hydrogens is 242 g/mol. The fourth-order valence-corrected chi connectivity index (χ4v) is 3.00. The monoisotopic (exact) mass is 265 g/mol. The van der Waals surface area contributed by atoms with Gasteiger partial charge in [0.15, 0.2) is 0 Å². The van der Waals surface area contributed by atoms with Crippen molar-refractivity contribution in [3.8, 4) is 0 Å². The summed E-state index contributed by atoms with van der Waals surface area (Å²) in [5.41, 5.74) is -0.254. The summed E-state index contributed by atoms with van der Waals surface area (Å²) < 4.78 is 32.7. The van der Waals surface area contributed by atoms with Crippen molar-refractivity contribution in [1.29, 1.82) is 0 Å². The minimum Gasteiger partial charge on any atom is -0.383 e. The molecule has 1 atom stereocenters. The van der Waals surface area contributed by atoms with Crippen LogP contribution in [-0.2, 0) is 14.9 Å². The van der Waals surface area contributed by atoms with E-state index >= 15 is 0 Å². The summed E-state index contributed by atoms with van der Waals surface area (Å²) in [6.45, 7) is 4.06. The molecule has 0 aliphatic carbocycles. The molecule has 6 nitrogen and oxygen atoms in total. The maximum Gasteiger partial charge on any atom is 0.279 e. The molecule has 0 saturated carbocycles. The van der Waals surface area contributed by atoms with Crippen LogP contribution in [0.2, 0.25) is 0 Å². The summed E-state index contributed by atoms with van der Waals surface area (Å²) in [6.07, 6.45) is 1.98. The van der Waals surface area contributed by atoms with E-state index in [1.54, 1.807) is 21.1 Å². The second-order valence-corrected chi connectivity index (χ2v) is 6.35. The molecule has 0 amide bonds. The number of methoxy groups -OCH3 is 1. The molecule has 0 aromatic carbocycles. The van der Waals surface area contributed by atoms with Crippen molar-refractivity contribution in [2.24, 2.45) is 0 Å². The van der Waals surface area contributed by atoms with E-state index in [0.717, 1.165) is 19.4 Å². The highest BCUT2D eigenvalue weighted by Gasteiger charge is 2.34. The largest absolute Gasteiger partial charge is 0.383 e. The second kappa shape index (κ2) is 6.10. The first-order valence-corrected chi connectivity index (χ1v) is 7.35. The predicted molar refractivity (Wildman–Crippen MR) is 67.1 cm³/mol. The lowest BCUT2D eigenvalue weighted by Crippen LogP contribution is -2.54. The Kier molecular flexibility index (Phi) is 5.33. The van der Waals surface area contributed by atoms with E-state index in [2.05, 4.69) is 10.0 Å². The minimum atomic E-state index is -3.37. The Morgan fingerprint density at radius 1 is 1.53 bits per heavy atom. The average molecular weight is 265 g/mol. The first kappa shape index (κ1) is 14.8. The molecule has 1 heterocycles. The van der Waals surface area contributed by atoms with Gasteiger partial charge in [-0.05, 0) is 19.4 Å². The van der Waals surface area contributed by atoms with Gasteiger partial charge in [-0.2, -0.15) is 12.7 Å². The molecule has 1 fully saturated rings. The van der Waals surface area contributed by atoms with Crippen molar-refractivity contribution in [2.45, 2.75) is 25.3 Å². The van der Waals surface area contributed by atoms with E-state index in [1.807, 2.05) is 0 Å². The number of hydrogen-bond donors (Lipinski definition) is 2. The van der Waals surface area contributed by atoms with Crippen molar-refractivity contribution in [1.82, 2.24) is 14.3 Å². The van der Waals surface area contributed by atoms with Gasteiger partial charge in [-0.25, -0.2) is 4.72 Å². The molecule has 0 spiro atoms. The van der Waals surface area contributed by atoms with Gasteiger partial charge in [-0.3, -0.25) is 0 Å². The van der Waals surface area contributed by atoms with Crippen LogP contribution in [0, 0.1) is 0 Å². The summed E-state index contributed by atoms with van der Waals surface area (Å²) in [4.78, 5) is 0.